The molecule has 2 aromatic heterocycles. The maximum Gasteiger partial charge on any atom is 0.225 e. The van der Waals surface area contributed by atoms with Crippen LogP contribution >= 0.6 is 0 Å². The van der Waals surface area contributed by atoms with Gasteiger partial charge in [0, 0.05) is 5.92 Å². The SMILES string of the molecule is CC(C)c1nnc(Cc2nc3ccccc3o2)o1. The van der Waals surface area contributed by atoms with Crippen LogP contribution < -0.4 is 0 Å². The largest absolute Gasteiger partial charge is 0.440 e. The molecule has 0 N–H and O–H groups in total. The molecule has 0 aliphatic carbocycles. The lowest BCUT2D eigenvalue weighted by atomic mass is 10.2. The summed E-state index contributed by atoms with van der Waals surface area (Å²) in [7, 11) is 0. The fraction of sp³-hybridized carbons (Fsp3) is 0.308. The fourth-order valence-corrected chi connectivity index (χ4v) is 1.70. The molecule has 0 amide bonds. The number of nitrogens with zero attached hydrogens (tertiary/aromatic N) is 3. The van der Waals surface area contributed by atoms with Crippen molar-refractivity contribution in [2.75, 3.05) is 0 Å². The van der Waals surface area contributed by atoms with Gasteiger partial charge in [-0.3, -0.25) is 0 Å². The van der Waals surface area contributed by atoms with Crippen LogP contribution in [0.5, 0.6) is 0 Å². The van der Waals surface area contributed by atoms with Gasteiger partial charge in [-0.25, -0.2) is 4.98 Å². The predicted octanol–water partition coefficient (Wildman–Crippen LogP) is 2.93. The molecule has 0 atom stereocenters. The molecular weight excluding hydrogens is 230 g/mol. The van der Waals surface area contributed by atoms with E-state index in [0.29, 0.717) is 24.1 Å². The zero-order valence-electron chi connectivity index (χ0n) is 10.3. The van der Waals surface area contributed by atoms with Crippen LogP contribution in [0.2, 0.25) is 0 Å². The van der Waals surface area contributed by atoms with Gasteiger partial charge in [0.1, 0.15) is 11.9 Å². The molecule has 0 saturated heterocycles. The Morgan fingerprint density at radius 1 is 1.06 bits per heavy atom. The highest BCUT2D eigenvalue weighted by Crippen LogP contribution is 2.18. The minimum Gasteiger partial charge on any atom is -0.440 e. The van der Waals surface area contributed by atoms with E-state index < -0.39 is 0 Å². The van der Waals surface area contributed by atoms with Crippen LogP contribution in [0.25, 0.3) is 11.1 Å². The van der Waals surface area contributed by atoms with Crippen LogP contribution in [0, 0.1) is 0 Å². The Morgan fingerprint density at radius 2 is 1.89 bits per heavy atom. The molecular formula is C13H13N3O2. The van der Waals surface area contributed by atoms with Crippen molar-refractivity contribution in [2.45, 2.75) is 26.2 Å². The highest BCUT2D eigenvalue weighted by Gasteiger charge is 2.13. The zero-order valence-corrected chi connectivity index (χ0v) is 10.3. The Kier molecular flexibility index (Phi) is 2.59. The van der Waals surface area contributed by atoms with Crippen molar-refractivity contribution in [3.63, 3.8) is 0 Å². The second-order valence-electron chi connectivity index (χ2n) is 4.44. The van der Waals surface area contributed by atoms with E-state index in [9.17, 15) is 0 Å². The molecule has 5 nitrogen and oxygen atoms in total. The molecule has 3 rings (SSSR count). The highest BCUT2D eigenvalue weighted by molar-refractivity contribution is 5.72. The number of benzene rings is 1. The maximum absolute atomic E-state index is 5.60. The lowest BCUT2D eigenvalue weighted by Gasteiger charge is -1.93. The normalized spacial score (nSPS) is 11.5. The minimum atomic E-state index is 0.231. The van der Waals surface area contributed by atoms with Crippen molar-refractivity contribution in [1.29, 1.82) is 0 Å². The molecule has 18 heavy (non-hydrogen) atoms. The Hall–Kier alpha value is -2.17. The van der Waals surface area contributed by atoms with E-state index in [4.69, 9.17) is 8.83 Å². The number of hydrogen-bond acceptors (Lipinski definition) is 5. The topological polar surface area (TPSA) is 65.0 Å². The van der Waals surface area contributed by atoms with Crippen LogP contribution in [-0.4, -0.2) is 15.2 Å². The predicted molar refractivity (Wildman–Crippen MR) is 65.2 cm³/mol. The fourth-order valence-electron chi connectivity index (χ4n) is 1.70. The average molecular weight is 243 g/mol. The summed E-state index contributed by atoms with van der Waals surface area (Å²) in [5.74, 6) is 2.00. The van der Waals surface area contributed by atoms with Crippen molar-refractivity contribution >= 4 is 11.1 Å². The van der Waals surface area contributed by atoms with Crippen molar-refractivity contribution in [3.8, 4) is 0 Å². The van der Waals surface area contributed by atoms with Crippen LogP contribution in [0.1, 0.15) is 37.4 Å². The zero-order chi connectivity index (χ0) is 12.5. The molecule has 0 aliphatic rings. The summed E-state index contributed by atoms with van der Waals surface area (Å²) in [6.45, 7) is 4.02. The Labute approximate surface area is 104 Å². The standard InChI is InChI=1S/C13H13N3O2/c1-8(2)13-16-15-12(18-13)7-11-14-9-5-3-4-6-10(9)17-11/h3-6,8H,7H2,1-2H3. The summed E-state index contributed by atoms with van der Waals surface area (Å²) < 4.78 is 11.1. The van der Waals surface area contributed by atoms with Gasteiger partial charge >= 0.3 is 0 Å². The second kappa shape index (κ2) is 4.25. The van der Waals surface area contributed by atoms with Gasteiger partial charge in [-0.05, 0) is 12.1 Å². The van der Waals surface area contributed by atoms with E-state index in [1.807, 2.05) is 38.1 Å². The molecule has 3 aromatic rings. The first-order valence-corrected chi connectivity index (χ1v) is 5.89. The van der Waals surface area contributed by atoms with Crippen molar-refractivity contribution in [1.82, 2.24) is 15.2 Å². The Bertz CT molecular complexity index is 636. The molecule has 1 aromatic carbocycles. The average Bonchev–Trinajstić information content (AvgIpc) is 2.94. The first-order valence-electron chi connectivity index (χ1n) is 5.89. The van der Waals surface area contributed by atoms with Gasteiger partial charge in [-0.1, -0.05) is 26.0 Å². The molecule has 0 unspecified atom stereocenters. The van der Waals surface area contributed by atoms with Gasteiger partial charge in [0.25, 0.3) is 0 Å². The van der Waals surface area contributed by atoms with E-state index >= 15 is 0 Å². The summed E-state index contributed by atoms with van der Waals surface area (Å²) in [6.07, 6.45) is 0.425. The lowest BCUT2D eigenvalue weighted by Crippen LogP contribution is -1.87. The first-order chi connectivity index (χ1) is 8.72. The van der Waals surface area contributed by atoms with Crippen LogP contribution in [-0.2, 0) is 6.42 Å². The number of rotatable bonds is 3. The summed E-state index contributed by atoms with van der Waals surface area (Å²) in [6, 6.07) is 7.65. The molecule has 0 radical (unpaired) electrons. The van der Waals surface area contributed by atoms with E-state index in [1.54, 1.807) is 0 Å². The van der Waals surface area contributed by atoms with Crippen molar-refractivity contribution in [3.05, 3.63) is 41.9 Å². The number of aromatic nitrogens is 3. The summed E-state index contributed by atoms with van der Waals surface area (Å²) in [5, 5.41) is 7.97. The molecule has 92 valence electrons. The summed E-state index contributed by atoms with van der Waals surface area (Å²) in [4.78, 5) is 4.37. The Morgan fingerprint density at radius 3 is 2.61 bits per heavy atom. The third-order valence-corrected chi connectivity index (χ3v) is 2.62. The molecule has 0 spiro atoms. The Balaban J connectivity index is 1.86. The molecule has 2 heterocycles. The summed E-state index contributed by atoms with van der Waals surface area (Å²) in [5.41, 5.74) is 1.62. The van der Waals surface area contributed by atoms with Gasteiger partial charge in [-0.2, -0.15) is 0 Å². The van der Waals surface area contributed by atoms with Gasteiger partial charge in [-0.15, -0.1) is 10.2 Å². The molecule has 0 bridgehead atoms. The smallest absolute Gasteiger partial charge is 0.225 e. The number of para-hydroxylation sites is 2. The third kappa shape index (κ3) is 1.99. The van der Waals surface area contributed by atoms with E-state index in [-0.39, 0.29) is 5.92 Å². The lowest BCUT2D eigenvalue weighted by molar-refractivity contribution is 0.424. The van der Waals surface area contributed by atoms with Gasteiger partial charge in [0.15, 0.2) is 5.58 Å². The van der Waals surface area contributed by atoms with Crippen molar-refractivity contribution < 1.29 is 8.83 Å². The van der Waals surface area contributed by atoms with E-state index in [1.165, 1.54) is 0 Å². The van der Waals surface area contributed by atoms with Gasteiger partial charge in [0.05, 0.1) is 0 Å². The molecule has 0 aliphatic heterocycles. The molecule has 5 heteroatoms. The molecule has 0 saturated carbocycles. The second-order valence-corrected chi connectivity index (χ2v) is 4.44. The number of fused-ring (bicyclic) bond motifs is 1. The minimum absolute atomic E-state index is 0.231. The van der Waals surface area contributed by atoms with Gasteiger partial charge in [0.2, 0.25) is 17.7 Å². The monoisotopic (exact) mass is 243 g/mol. The van der Waals surface area contributed by atoms with Crippen LogP contribution in [0.4, 0.5) is 0 Å². The van der Waals surface area contributed by atoms with Crippen LogP contribution in [0.15, 0.2) is 33.1 Å². The quantitative estimate of drug-likeness (QED) is 0.707. The summed E-state index contributed by atoms with van der Waals surface area (Å²) >= 11 is 0. The van der Waals surface area contributed by atoms with Crippen LogP contribution in [0.3, 0.4) is 0 Å². The van der Waals surface area contributed by atoms with E-state index in [0.717, 1.165) is 11.1 Å². The highest BCUT2D eigenvalue weighted by atomic mass is 16.4. The first kappa shape index (κ1) is 11.0. The number of hydrogen-bond donors (Lipinski definition) is 0. The molecule has 0 fully saturated rings. The maximum atomic E-state index is 5.60. The van der Waals surface area contributed by atoms with E-state index in [2.05, 4.69) is 15.2 Å². The van der Waals surface area contributed by atoms with Crippen molar-refractivity contribution in [2.24, 2.45) is 0 Å². The third-order valence-electron chi connectivity index (χ3n) is 2.62. The number of oxazole rings is 1. The van der Waals surface area contributed by atoms with Gasteiger partial charge < -0.3 is 8.83 Å².